The number of benzene rings is 4. The summed E-state index contributed by atoms with van der Waals surface area (Å²) >= 11 is 24.9. The molecule has 0 unspecified atom stereocenters. The maximum Gasteiger partial charge on any atom is 0.435 e. The predicted octanol–water partition coefficient (Wildman–Crippen LogP) is 18.8. The SMILES string of the molecule is CCS(=O)(=O)CCN1CCC(c2cc(F)c(Nc3ncc(Cl)c(Nc4cc(C)[nH]n4)n3)cc2C)CC1.Cc1cc(C2CCN(CC(N)=O)CC2)c(C)cc1Cc1ncc(Cl)c(Cc2cc(C(F)(F)F)n[nH]2)n1.Cc1cc(Cc2nc(Cc3cc(C(F)(F)F)c(C4CCN(C)CC4)cc3F)ncc2Cl)n[nH]1.Cc1cc(Nc2nc(Nc3cc(C)c(C4CCN(CCS(C)(=O)=O)CC4)cc3C)ncc2Cl)n[nH]1. The normalized spacial score (nSPS) is 15.4. The van der Waals surface area contributed by atoms with Crippen LogP contribution >= 0.6 is 46.4 Å². The van der Waals surface area contributed by atoms with Gasteiger partial charge < -0.3 is 41.7 Å². The first-order valence-electron chi connectivity index (χ1n) is 46.0. The first kappa shape index (κ1) is 106. The highest BCUT2D eigenvalue weighted by Gasteiger charge is 2.39. The van der Waals surface area contributed by atoms with Gasteiger partial charge >= 0.3 is 12.4 Å². The van der Waals surface area contributed by atoms with E-state index in [9.17, 15) is 52.4 Å². The number of nitrogens with two attached hydrogens (primary N) is 1. The van der Waals surface area contributed by atoms with E-state index in [1.54, 1.807) is 25.3 Å². The third-order valence-electron chi connectivity index (χ3n) is 25.5. The Morgan fingerprint density at radius 1 is 0.457 bits per heavy atom. The second-order valence-corrected chi connectivity index (χ2v) is 42.8. The number of aromatic nitrogens is 16. The topological polar surface area (TPSA) is 390 Å². The number of aromatic amines is 4. The van der Waals surface area contributed by atoms with Crippen molar-refractivity contribution in [2.45, 2.75) is 175 Å². The summed E-state index contributed by atoms with van der Waals surface area (Å²) in [5.41, 5.74) is 19.7. The summed E-state index contributed by atoms with van der Waals surface area (Å²) in [6, 6.07) is 20.6. The minimum atomic E-state index is -4.58. The molecule has 30 nitrogen and oxygen atoms in total. The molecule has 4 aromatic carbocycles. The molecule has 0 atom stereocenters. The monoisotopic (exact) mass is 2050 g/mol. The van der Waals surface area contributed by atoms with Crippen LogP contribution in [0.5, 0.6) is 0 Å². The fourth-order valence-corrected chi connectivity index (χ4v) is 19.8. The molecule has 0 saturated carbocycles. The third kappa shape index (κ3) is 29.9. The van der Waals surface area contributed by atoms with E-state index in [4.69, 9.17) is 52.1 Å². The van der Waals surface area contributed by atoms with Crippen LogP contribution in [0.25, 0.3) is 0 Å². The van der Waals surface area contributed by atoms with Gasteiger partial charge in [0, 0.05) is 104 Å². The summed E-state index contributed by atoms with van der Waals surface area (Å²) in [7, 11) is -3.97. The quantitative estimate of drug-likeness (QED) is 0.0197. The van der Waals surface area contributed by atoms with Gasteiger partial charge in [-0.25, -0.2) is 55.5 Å². The fourth-order valence-electron chi connectivity index (χ4n) is 17.7. The molecule has 4 fully saturated rings. The van der Waals surface area contributed by atoms with Crippen LogP contribution in [0.1, 0.15) is 206 Å². The van der Waals surface area contributed by atoms with Crippen molar-refractivity contribution in [2.24, 2.45) is 5.73 Å². The number of likely N-dealkylation sites (tertiary alicyclic amines) is 4. The minimum Gasteiger partial charge on any atom is -0.369 e. The fraction of sp³-hybridized carbons (Fsp3) is 0.448. The number of halogens is 12. The molecule has 12 heterocycles. The molecule has 8 aromatic heterocycles. The van der Waals surface area contributed by atoms with Gasteiger partial charge in [-0.3, -0.25) is 30.1 Å². The van der Waals surface area contributed by atoms with Crippen LogP contribution in [-0.2, 0) is 62.5 Å². The number of H-pyrrole nitrogens is 4. The molecular formula is C96H115Cl4F8N25O5S2. The number of carbonyl (C=O) groups excluding carboxylic acids is 1. The van der Waals surface area contributed by atoms with Crippen molar-refractivity contribution in [2.75, 3.05) is 124 Å². The van der Waals surface area contributed by atoms with E-state index < -0.39 is 49.1 Å². The van der Waals surface area contributed by atoms with E-state index in [1.165, 1.54) is 47.1 Å². The molecule has 4 aliphatic heterocycles. The van der Waals surface area contributed by atoms with Crippen LogP contribution in [0.3, 0.4) is 0 Å². The van der Waals surface area contributed by atoms with Crippen LogP contribution in [0.4, 0.5) is 81.7 Å². The van der Waals surface area contributed by atoms with Gasteiger partial charge in [-0.05, 0) is 293 Å². The molecule has 0 aliphatic carbocycles. The number of hydrogen-bond donors (Lipinski definition) is 9. The number of rotatable bonds is 29. The van der Waals surface area contributed by atoms with Gasteiger partial charge in [0.15, 0.2) is 38.8 Å². The summed E-state index contributed by atoms with van der Waals surface area (Å²) in [4.78, 5) is 54.6. The Labute approximate surface area is 828 Å². The summed E-state index contributed by atoms with van der Waals surface area (Å²) < 4.78 is 157. The van der Waals surface area contributed by atoms with Crippen molar-refractivity contribution in [1.82, 2.24) is 100 Å². The lowest BCUT2D eigenvalue weighted by Gasteiger charge is -2.33. The highest BCUT2D eigenvalue weighted by molar-refractivity contribution is 7.91. The Bertz CT molecular complexity index is 6570. The average molecular weight is 2060 g/mol. The molecular weight excluding hydrogens is 1940 g/mol. The lowest BCUT2D eigenvalue weighted by atomic mass is 9.84. The summed E-state index contributed by atoms with van der Waals surface area (Å²) in [6.45, 7) is 25.6. The molecule has 44 heteroatoms. The van der Waals surface area contributed by atoms with E-state index in [0.717, 1.165) is 147 Å². The molecule has 0 spiro atoms. The van der Waals surface area contributed by atoms with Crippen molar-refractivity contribution in [1.29, 1.82) is 0 Å². The molecule has 750 valence electrons. The lowest BCUT2D eigenvalue weighted by molar-refractivity contribution is -0.141. The highest BCUT2D eigenvalue weighted by atomic mass is 35.5. The Kier molecular flexibility index (Phi) is 35.6. The number of nitrogens with one attached hydrogen (secondary N) is 8. The number of alkyl halides is 6. The second-order valence-electron chi connectivity index (χ2n) is 36.4. The maximum atomic E-state index is 15.1. The number of sulfone groups is 2. The Morgan fingerprint density at radius 3 is 1.39 bits per heavy atom. The van der Waals surface area contributed by atoms with E-state index in [2.05, 4.69) is 173 Å². The Balaban J connectivity index is 0.000000157. The smallest absolute Gasteiger partial charge is 0.369 e. The van der Waals surface area contributed by atoms with Crippen molar-refractivity contribution >= 4 is 119 Å². The van der Waals surface area contributed by atoms with E-state index in [-0.39, 0.29) is 93.0 Å². The zero-order valence-electron chi connectivity index (χ0n) is 79.6. The van der Waals surface area contributed by atoms with Crippen LogP contribution in [0, 0.1) is 67.0 Å². The van der Waals surface area contributed by atoms with Gasteiger partial charge in [-0.2, -0.15) is 56.7 Å². The second kappa shape index (κ2) is 46.8. The largest absolute Gasteiger partial charge is 0.435 e. The van der Waals surface area contributed by atoms with Gasteiger partial charge in [0.05, 0.1) is 68.8 Å². The molecule has 10 N–H and O–H groups in total. The number of amides is 1. The van der Waals surface area contributed by atoms with Crippen LogP contribution in [0.2, 0.25) is 20.1 Å². The Hall–Kier alpha value is -11.0. The zero-order chi connectivity index (χ0) is 101. The van der Waals surface area contributed by atoms with Crippen molar-refractivity contribution in [3.63, 3.8) is 0 Å². The number of primary amides is 1. The predicted molar refractivity (Wildman–Crippen MR) is 528 cm³/mol. The molecule has 0 bridgehead atoms. The molecule has 140 heavy (non-hydrogen) atoms. The van der Waals surface area contributed by atoms with Crippen molar-refractivity contribution < 1.29 is 56.8 Å². The van der Waals surface area contributed by atoms with E-state index in [0.29, 0.717) is 137 Å². The van der Waals surface area contributed by atoms with Crippen molar-refractivity contribution in [3.05, 3.63) is 253 Å². The maximum absolute atomic E-state index is 15.1. The molecule has 4 aliphatic rings. The van der Waals surface area contributed by atoms with Crippen LogP contribution in [-0.4, -0.2) is 226 Å². The number of anilines is 8. The number of hydrogen-bond acceptors (Lipinski definition) is 25. The molecule has 1 amide bonds. The van der Waals surface area contributed by atoms with Gasteiger partial charge in [-0.1, -0.05) is 71.5 Å². The van der Waals surface area contributed by atoms with E-state index >= 15 is 4.39 Å². The summed E-state index contributed by atoms with van der Waals surface area (Å²) in [5.74, 6) is 3.43. The Morgan fingerprint density at radius 2 is 0.907 bits per heavy atom. The molecule has 16 rings (SSSR count). The van der Waals surface area contributed by atoms with Crippen LogP contribution in [0.15, 0.2) is 97.6 Å². The first-order chi connectivity index (χ1) is 66.3. The number of piperidine rings is 4. The van der Waals surface area contributed by atoms with Gasteiger partial charge in [-0.15, -0.1) is 0 Å². The number of nitrogens with zero attached hydrogens (tertiary/aromatic N) is 16. The summed E-state index contributed by atoms with van der Waals surface area (Å²) in [5, 5.41) is 40.4. The lowest BCUT2D eigenvalue weighted by Crippen LogP contribution is -2.39. The molecule has 4 saturated heterocycles. The van der Waals surface area contributed by atoms with Crippen LogP contribution < -0.4 is 27.0 Å². The van der Waals surface area contributed by atoms with E-state index in [1.807, 2.05) is 52.9 Å². The summed E-state index contributed by atoms with van der Waals surface area (Å²) in [6.07, 6.45) is 5.64. The van der Waals surface area contributed by atoms with Gasteiger partial charge in [0.1, 0.15) is 43.2 Å². The minimum absolute atomic E-state index is 0.0310. The molecule has 0 radical (unpaired) electrons. The average Bonchev–Trinajstić information content (AvgIpc) is 1.20. The number of carbonyl (C=O) groups is 1. The number of aryl methyl sites for hydroxylation is 8. The first-order valence-corrected chi connectivity index (χ1v) is 51.4. The zero-order valence-corrected chi connectivity index (χ0v) is 84.2. The van der Waals surface area contributed by atoms with Crippen molar-refractivity contribution in [3.8, 4) is 0 Å². The standard InChI is InChI=1S/C25H28ClF3N6O.C24H31ClFN7O2S.C24H32ClN7O2S.C23H24ClF4N5/c1-14-8-19(16-3-5-35(6-4-16)13-23(30)36)15(2)7-17(14)9-24-31-12-20(26)21(32-24)10-18-11-22(34-33-18)25(27,28)29;1-4-36(34,35)10-9-33-7-5-17(6-8-33)18-13-20(26)21(11-15(18)2)28-24-27-14-19(25)23(30-24)29-22-12-16(3)31-32-22;1-15-12-21(27-24-26-14-20(25)23(29-24)28-22-13-17(3)30-31-22)16(2)11-19(15)18-5-7-32(8-6-18)9-10-35(4,33)34;1-13-7-16(32-31-13)10-21-19(24)12-29-22(30-21)9-15-8-18(23(26,27)28)17(11-20(15)25)14-3-5-33(2)6-4-14/h7-8,11-12,16H,3-6,9-10,13H2,1-2H3,(H2,30,36)(H,33,34);11-14,17H,4-10H2,1-3H3,(H3,27,28,29,30,31,32);11-14,18H,5-10H2,1-4H3,(H3,26,27,28,29,30,31);7-8,11-12,14H,3-6,9-10H2,1-2H3,(H,31,32). The molecule has 12 aromatic rings. The van der Waals surface area contributed by atoms with Gasteiger partial charge in [0.2, 0.25) is 17.8 Å². The highest BCUT2D eigenvalue weighted by Crippen LogP contribution is 2.43. The third-order valence-corrected chi connectivity index (χ3v) is 29.3. The van der Waals surface area contributed by atoms with Gasteiger partial charge in [0.25, 0.3) is 0 Å².